The highest BCUT2D eigenvalue weighted by Gasteiger charge is 2.10. The predicted octanol–water partition coefficient (Wildman–Crippen LogP) is 3.69. The summed E-state index contributed by atoms with van der Waals surface area (Å²) in [5, 5.41) is 8.59. The molecule has 5 heteroatoms. The van der Waals surface area contributed by atoms with Crippen LogP contribution in [0.3, 0.4) is 0 Å². The molecule has 0 aliphatic heterocycles. The number of hydrogen-bond acceptors (Lipinski definition) is 4. The molecule has 3 rings (SSSR count). The zero-order valence-electron chi connectivity index (χ0n) is 12.8. The molecule has 0 spiro atoms. The molecule has 0 bridgehead atoms. The first-order valence-corrected chi connectivity index (χ1v) is 8.08. The average Bonchev–Trinajstić information content (AvgIpc) is 3.24. The van der Waals surface area contributed by atoms with Crippen molar-refractivity contribution in [1.29, 1.82) is 0 Å². The smallest absolute Gasteiger partial charge is 0.271 e. The first-order valence-electron chi connectivity index (χ1n) is 8.08. The average molecular weight is 298 g/mol. The van der Waals surface area contributed by atoms with Crippen LogP contribution in [0, 0.1) is 0 Å². The van der Waals surface area contributed by atoms with E-state index in [1.807, 2.05) is 12.1 Å². The van der Waals surface area contributed by atoms with Gasteiger partial charge in [0.2, 0.25) is 0 Å². The second-order valence-corrected chi connectivity index (χ2v) is 5.90. The van der Waals surface area contributed by atoms with Crippen LogP contribution in [-0.2, 0) is 0 Å². The fourth-order valence-corrected chi connectivity index (χ4v) is 2.82. The first-order chi connectivity index (χ1) is 10.8. The van der Waals surface area contributed by atoms with E-state index in [1.165, 1.54) is 31.4 Å². The Labute approximate surface area is 130 Å². The SMILES string of the molecule is O=C(NN=C1CCCC1)c1ccc(NN=C2CCCC2)cc1. The van der Waals surface area contributed by atoms with Crippen molar-refractivity contribution in [2.24, 2.45) is 10.2 Å². The normalized spacial score (nSPS) is 17.5. The minimum atomic E-state index is -0.159. The summed E-state index contributed by atoms with van der Waals surface area (Å²) in [6.45, 7) is 0. The molecule has 0 saturated heterocycles. The Morgan fingerprint density at radius 2 is 1.36 bits per heavy atom. The van der Waals surface area contributed by atoms with Gasteiger partial charge in [-0.05, 0) is 75.6 Å². The lowest BCUT2D eigenvalue weighted by molar-refractivity contribution is 0.0954. The van der Waals surface area contributed by atoms with E-state index in [0.29, 0.717) is 5.56 Å². The van der Waals surface area contributed by atoms with Gasteiger partial charge in [0.1, 0.15) is 0 Å². The standard InChI is InChI=1S/C17H22N4O/c22-17(21-20-15-7-3-4-8-15)13-9-11-16(12-10-13)19-18-14-5-1-2-6-14/h9-12,19H,1-8H2,(H,21,22). The number of nitrogens with zero attached hydrogens (tertiary/aromatic N) is 2. The summed E-state index contributed by atoms with van der Waals surface area (Å²) >= 11 is 0. The Morgan fingerprint density at radius 1 is 0.818 bits per heavy atom. The van der Waals surface area contributed by atoms with Crippen molar-refractivity contribution in [3.05, 3.63) is 29.8 Å². The quantitative estimate of drug-likeness (QED) is 0.833. The Kier molecular flexibility index (Phi) is 4.83. The van der Waals surface area contributed by atoms with Crippen molar-refractivity contribution in [2.75, 3.05) is 5.43 Å². The van der Waals surface area contributed by atoms with E-state index in [2.05, 4.69) is 21.1 Å². The summed E-state index contributed by atoms with van der Waals surface area (Å²) < 4.78 is 0. The topological polar surface area (TPSA) is 65.8 Å². The lowest BCUT2D eigenvalue weighted by Crippen LogP contribution is -2.18. The maximum absolute atomic E-state index is 12.0. The maximum atomic E-state index is 12.0. The molecule has 2 N–H and O–H groups in total. The van der Waals surface area contributed by atoms with Crippen LogP contribution in [0.25, 0.3) is 0 Å². The molecule has 0 heterocycles. The van der Waals surface area contributed by atoms with Crippen LogP contribution in [-0.4, -0.2) is 17.3 Å². The number of hydrazone groups is 2. The zero-order chi connectivity index (χ0) is 15.2. The van der Waals surface area contributed by atoms with E-state index in [1.54, 1.807) is 12.1 Å². The molecule has 2 aliphatic carbocycles. The highest BCUT2D eigenvalue weighted by atomic mass is 16.2. The van der Waals surface area contributed by atoms with Crippen LogP contribution in [0.2, 0.25) is 0 Å². The third kappa shape index (κ3) is 3.93. The number of carbonyl (C=O) groups is 1. The van der Waals surface area contributed by atoms with E-state index < -0.39 is 0 Å². The van der Waals surface area contributed by atoms with Gasteiger partial charge in [0, 0.05) is 17.0 Å². The van der Waals surface area contributed by atoms with E-state index in [9.17, 15) is 4.79 Å². The van der Waals surface area contributed by atoms with Crippen LogP contribution >= 0.6 is 0 Å². The number of benzene rings is 1. The Balaban J connectivity index is 1.55. The van der Waals surface area contributed by atoms with E-state index in [0.717, 1.165) is 37.1 Å². The molecule has 5 nitrogen and oxygen atoms in total. The lowest BCUT2D eigenvalue weighted by Gasteiger charge is -2.04. The summed E-state index contributed by atoms with van der Waals surface area (Å²) in [5.41, 5.74) is 9.54. The fourth-order valence-electron chi connectivity index (χ4n) is 2.82. The van der Waals surface area contributed by atoms with Crippen molar-refractivity contribution >= 4 is 23.0 Å². The number of nitrogens with one attached hydrogen (secondary N) is 2. The van der Waals surface area contributed by atoms with Crippen molar-refractivity contribution in [2.45, 2.75) is 51.4 Å². The van der Waals surface area contributed by atoms with Gasteiger partial charge in [-0.15, -0.1) is 0 Å². The third-order valence-corrected chi connectivity index (χ3v) is 4.17. The number of rotatable bonds is 4. The molecule has 2 saturated carbocycles. The maximum Gasteiger partial charge on any atom is 0.271 e. The molecule has 2 fully saturated rings. The fraction of sp³-hybridized carbons (Fsp3) is 0.471. The second-order valence-electron chi connectivity index (χ2n) is 5.90. The van der Waals surface area contributed by atoms with Gasteiger partial charge >= 0.3 is 0 Å². The summed E-state index contributed by atoms with van der Waals surface area (Å²) in [4.78, 5) is 12.0. The van der Waals surface area contributed by atoms with Crippen molar-refractivity contribution in [1.82, 2.24) is 5.43 Å². The number of anilines is 1. The van der Waals surface area contributed by atoms with Gasteiger partial charge in [-0.25, -0.2) is 5.43 Å². The zero-order valence-corrected chi connectivity index (χ0v) is 12.8. The van der Waals surface area contributed by atoms with Crippen LogP contribution in [0.5, 0.6) is 0 Å². The predicted molar refractivity (Wildman–Crippen MR) is 89.3 cm³/mol. The molecule has 116 valence electrons. The molecular formula is C17H22N4O. The molecule has 22 heavy (non-hydrogen) atoms. The van der Waals surface area contributed by atoms with Gasteiger partial charge in [-0.3, -0.25) is 10.2 Å². The third-order valence-electron chi connectivity index (χ3n) is 4.17. The second kappa shape index (κ2) is 7.20. The van der Waals surface area contributed by atoms with Crippen LogP contribution in [0.4, 0.5) is 5.69 Å². The van der Waals surface area contributed by atoms with Crippen molar-refractivity contribution < 1.29 is 4.79 Å². The van der Waals surface area contributed by atoms with Gasteiger partial charge in [-0.1, -0.05) is 0 Å². The molecular weight excluding hydrogens is 276 g/mol. The van der Waals surface area contributed by atoms with Gasteiger partial charge in [0.25, 0.3) is 5.91 Å². The highest BCUT2D eigenvalue weighted by Crippen LogP contribution is 2.16. The van der Waals surface area contributed by atoms with Crippen molar-refractivity contribution in [3.8, 4) is 0 Å². The summed E-state index contributed by atoms with van der Waals surface area (Å²) in [5.74, 6) is -0.159. The van der Waals surface area contributed by atoms with E-state index >= 15 is 0 Å². The summed E-state index contributed by atoms with van der Waals surface area (Å²) in [7, 11) is 0. The number of hydrogen-bond donors (Lipinski definition) is 2. The van der Waals surface area contributed by atoms with Crippen molar-refractivity contribution in [3.63, 3.8) is 0 Å². The summed E-state index contributed by atoms with van der Waals surface area (Å²) in [6.07, 6.45) is 9.02. The number of carbonyl (C=O) groups excluding carboxylic acids is 1. The minimum Gasteiger partial charge on any atom is -0.279 e. The van der Waals surface area contributed by atoms with E-state index in [4.69, 9.17) is 0 Å². The molecule has 1 aromatic carbocycles. The molecule has 0 radical (unpaired) electrons. The first kappa shape index (κ1) is 14.8. The molecule has 0 aromatic heterocycles. The van der Waals surface area contributed by atoms with Gasteiger partial charge < -0.3 is 0 Å². The lowest BCUT2D eigenvalue weighted by atomic mass is 10.2. The number of amides is 1. The van der Waals surface area contributed by atoms with Crippen LogP contribution in [0.15, 0.2) is 34.5 Å². The molecule has 2 aliphatic rings. The van der Waals surface area contributed by atoms with Crippen LogP contribution in [0.1, 0.15) is 61.7 Å². The largest absolute Gasteiger partial charge is 0.279 e. The van der Waals surface area contributed by atoms with Gasteiger partial charge in [0.15, 0.2) is 0 Å². The molecule has 0 unspecified atom stereocenters. The molecule has 1 amide bonds. The Morgan fingerprint density at radius 3 is 1.95 bits per heavy atom. The van der Waals surface area contributed by atoms with E-state index in [-0.39, 0.29) is 5.91 Å². The van der Waals surface area contributed by atoms with Gasteiger partial charge in [0.05, 0.1) is 5.69 Å². The summed E-state index contributed by atoms with van der Waals surface area (Å²) in [6, 6.07) is 7.33. The highest BCUT2D eigenvalue weighted by molar-refractivity contribution is 5.96. The minimum absolute atomic E-state index is 0.159. The Hall–Kier alpha value is -2.17. The van der Waals surface area contributed by atoms with Crippen LogP contribution < -0.4 is 10.9 Å². The molecule has 1 aromatic rings. The molecule has 0 atom stereocenters. The Bertz CT molecular complexity index is 573. The monoisotopic (exact) mass is 298 g/mol. The van der Waals surface area contributed by atoms with Gasteiger partial charge in [-0.2, -0.15) is 10.2 Å².